The van der Waals surface area contributed by atoms with E-state index in [1.165, 1.54) is 11.1 Å². The Morgan fingerprint density at radius 3 is 2.59 bits per heavy atom. The molecule has 0 aliphatic carbocycles. The van der Waals surface area contributed by atoms with Gasteiger partial charge >= 0.3 is 0 Å². The van der Waals surface area contributed by atoms with Crippen molar-refractivity contribution in [3.63, 3.8) is 0 Å². The minimum atomic E-state index is -0.0474. The standard InChI is InChI=1S/C15H25NO/c1-12-7-6-8-14(11-12)13(2)16-9-10-17-15(3,4)5/h6-8,11,13,16H,9-10H2,1-5H3/t13-/m1/s1. The number of rotatable bonds is 5. The Morgan fingerprint density at radius 1 is 1.29 bits per heavy atom. The first kappa shape index (κ1) is 14.2. The number of ether oxygens (including phenoxy) is 1. The summed E-state index contributed by atoms with van der Waals surface area (Å²) in [6.45, 7) is 12.2. The zero-order valence-electron chi connectivity index (χ0n) is 11.7. The molecule has 2 nitrogen and oxygen atoms in total. The van der Waals surface area contributed by atoms with Crippen molar-refractivity contribution >= 4 is 0 Å². The summed E-state index contributed by atoms with van der Waals surface area (Å²) in [6, 6.07) is 8.99. The van der Waals surface area contributed by atoms with Crippen molar-refractivity contribution in [2.45, 2.75) is 46.3 Å². The predicted molar refractivity (Wildman–Crippen MR) is 73.3 cm³/mol. The second kappa shape index (κ2) is 6.18. The molecule has 0 spiro atoms. The lowest BCUT2D eigenvalue weighted by molar-refractivity contribution is -0.00149. The van der Waals surface area contributed by atoms with Crippen molar-refractivity contribution in [2.75, 3.05) is 13.2 Å². The van der Waals surface area contributed by atoms with E-state index >= 15 is 0 Å². The van der Waals surface area contributed by atoms with Gasteiger partial charge in [-0.2, -0.15) is 0 Å². The molecule has 0 radical (unpaired) electrons. The number of aryl methyl sites for hydroxylation is 1. The summed E-state index contributed by atoms with van der Waals surface area (Å²) in [5, 5.41) is 3.47. The van der Waals surface area contributed by atoms with Gasteiger partial charge in [0.25, 0.3) is 0 Å². The Kier molecular flexibility index (Phi) is 5.16. The van der Waals surface area contributed by atoms with Crippen LogP contribution in [0.2, 0.25) is 0 Å². The van der Waals surface area contributed by atoms with Gasteiger partial charge in [-0.25, -0.2) is 0 Å². The van der Waals surface area contributed by atoms with Crippen LogP contribution in [0.4, 0.5) is 0 Å². The zero-order chi connectivity index (χ0) is 12.9. The summed E-state index contributed by atoms with van der Waals surface area (Å²) in [6.07, 6.45) is 0. The van der Waals surface area contributed by atoms with Gasteiger partial charge in [-0.3, -0.25) is 0 Å². The smallest absolute Gasteiger partial charge is 0.0599 e. The van der Waals surface area contributed by atoms with E-state index < -0.39 is 0 Å². The van der Waals surface area contributed by atoms with Crippen LogP contribution >= 0.6 is 0 Å². The molecule has 0 unspecified atom stereocenters. The van der Waals surface area contributed by atoms with Crippen LogP contribution in [-0.2, 0) is 4.74 Å². The fraction of sp³-hybridized carbons (Fsp3) is 0.600. The van der Waals surface area contributed by atoms with E-state index in [1.807, 2.05) is 0 Å². The van der Waals surface area contributed by atoms with E-state index in [0.717, 1.165) is 13.2 Å². The Balaban J connectivity index is 2.33. The first-order valence-electron chi connectivity index (χ1n) is 6.32. The molecule has 1 atom stereocenters. The number of hydrogen-bond donors (Lipinski definition) is 1. The quantitative estimate of drug-likeness (QED) is 0.789. The maximum atomic E-state index is 5.68. The van der Waals surface area contributed by atoms with Crippen molar-refractivity contribution in [3.05, 3.63) is 35.4 Å². The molecule has 0 amide bonds. The molecule has 96 valence electrons. The summed E-state index contributed by atoms with van der Waals surface area (Å²) in [5.74, 6) is 0. The molecule has 0 aromatic heterocycles. The van der Waals surface area contributed by atoms with Crippen LogP contribution in [0.15, 0.2) is 24.3 Å². The molecule has 1 aromatic rings. The van der Waals surface area contributed by atoms with Crippen LogP contribution in [0.3, 0.4) is 0 Å². The van der Waals surface area contributed by atoms with Gasteiger partial charge in [0.15, 0.2) is 0 Å². The van der Waals surface area contributed by atoms with Gasteiger partial charge in [0.05, 0.1) is 12.2 Å². The van der Waals surface area contributed by atoms with Crippen LogP contribution in [0.25, 0.3) is 0 Å². The molecule has 1 N–H and O–H groups in total. The van der Waals surface area contributed by atoms with Crippen molar-refractivity contribution in [1.82, 2.24) is 5.32 Å². The first-order chi connectivity index (χ1) is 7.88. The summed E-state index contributed by atoms with van der Waals surface area (Å²) < 4.78 is 5.68. The SMILES string of the molecule is Cc1cccc([C@@H](C)NCCOC(C)(C)C)c1. The van der Waals surface area contributed by atoms with Crippen molar-refractivity contribution in [2.24, 2.45) is 0 Å². The van der Waals surface area contributed by atoms with Crippen LogP contribution in [0.5, 0.6) is 0 Å². The summed E-state index contributed by atoms with van der Waals surface area (Å²) >= 11 is 0. The molecule has 17 heavy (non-hydrogen) atoms. The highest BCUT2D eigenvalue weighted by Crippen LogP contribution is 2.13. The van der Waals surface area contributed by atoms with Crippen LogP contribution in [0, 0.1) is 6.92 Å². The highest BCUT2D eigenvalue weighted by atomic mass is 16.5. The minimum Gasteiger partial charge on any atom is -0.375 e. The molecule has 0 fully saturated rings. The van der Waals surface area contributed by atoms with Crippen LogP contribution < -0.4 is 5.32 Å². The molecule has 1 aromatic carbocycles. The molecule has 0 bridgehead atoms. The zero-order valence-corrected chi connectivity index (χ0v) is 11.7. The maximum Gasteiger partial charge on any atom is 0.0599 e. The summed E-state index contributed by atoms with van der Waals surface area (Å²) in [5.41, 5.74) is 2.59. The lowest BCUT2D eigenvalue weighted by atomic mass is 10.1. The fourth-order valence-electron chi connectivity index (χ4n) is 1.69. The Bertz CT molecular complexity index is 341. The van der Waals surface area contributed by atoms with Gasteiger partial charge < -0.3 is 10.1 Å². The molecule has 1 rings (SSSR count). The largest absolute Gasteiger partial charge is 0.375 e. The third-order valence-corrected chi connectivity index (χ3v) is 2.63. The molecule has 0 saturated heterocycles. The van der Waals surface area contributed by atoms with E-state index in [0.29, 0.717) is 6.04 Å². The average molecular weight is 235 g/mol. The van der Waals surface area contributed by atoms with Gasteiger partial charge in [0, 0.05) is 12.6 Å². The first-order valence-corrected chi connectivity index (χ1v) is 6.32. The number of nitrogens with one attached hydrogen (secondary N) is 1. The van der Waals surface area contributed by atoms with Gasteiger partial charge in [-0.1, -0.05) is 29.8 Å². The molecule has 0 aliphatic rings. The van der Waals surface area contributed by atoms with E-state index in [1.54, 1.807) is 0 Å². The number of hydrogen-bond acceptors (Lipinski definition) is 2. The molecule has 0 heterocycles. The monoisotopic (exact) mass is 235 g/mol. The molecule has 2 heteroatoms. The minimum absolute atomic E-state index is 0.0474. The normalized spacial score (nSPS) is 13.7. The lowest BCUT2D eigenvalue weighted by Crippen LogP contribution is -2.28. The van der Waals surface area contributed by atoms with Gasteiger partial charge in [-0.05, 0) is 40.2 Å². The summed E-state index contributed by atoms with van der Waals surface area (Å²) in [7, 11) is 0. The molecular formula is C15H25NO. The van der Waals surface area contributed by atoms with Gasteiger partial charge in [0.2, 0.25) is 0 Å². The van der Waals surface area contributed by atoms with Crippen LogP contribution in [-0.4, -0.2) is 18.8 Å². The highest BCUT2D eigenvalue weighted by molar-refractivity contribution is 5.24. The van der Waals surface area contributed by atoms with Crippen LogP contribution in [0.1, 0.15) is 44.9 Å². The Labute approximate surface area is 105 Å². The van der Waals surface area contributed by atoms with E-state index in [-0.39, 0.29) is 5.60 Å². The fourth-order valence-corrected chi connectivity index (χ4v) is 1.69. The van der Waals surface area contributed by atoms with E-state index in [9.17, 15) is 0 Å². The predicted octanol–water partition coefficient (Wildman–Crippen LogP) is 3.46. The molecule has 0 aliphatic heterocycles. The molecular weight excluding hydrogens is 210 g/mol. The summed E-state index contributed by atoms with van der Waals surface area (Å²) in [4.78, 5) is 0. The third-order valence-electron chi connectivity index (χ3n) is 2.63. The maximum absolute atomic E-state index is 5.68. The average Bonchev–Trinajstić information content (AvgIpc) is 2.23. The second-order valence-electron chi connectivity index (χ2n) is 5.55. The van der Waals surface area contributed by atoms with Crippen molar-refractivity contribution in [3.8, 4) is 0 Å². The van der Waals surface area contributed by atoms with Crippen molar-refractivity contribution < 1.29 is 4.74 Å². The lowest BCUT2D eigenvalue weighted by Gasteiger charge is -2.21. The third kappa shape index (κ3) is 5.85. The van der Waals surface area contributed by atoms with Crippen molar-refractivity contribution in [1.29, 1.82) is 0 Å². The Morgan fingerprint density at radius 2 is 2.00 bits per heavy atom. The number of benzene rings is 1. The highest BCUT2D eigenvalue weighted by Gasteiger charge is 2.10. The molecule has 0 saturated carbocycles. The van der Waals surface area contributed by atoms with E-state index in [4.69, 9.17) is 4.74 Å². The van der Waals surface area contributed by atoms with Gasteiger partial charge in [0.1, 0.15) is 0 Å². The Hall–Kier alpha value is -0.860. The topological polar surface area (TPSA) is 21.3 Å². The van der Waals surface area contributed by atoms with Gasteiger partial charge in [-0.15, -0.1) is 0 Å². The second-order valence-corrected chi connectivity index (χ2v) is 5.55. The van der Waals surface area contributed by atoms with E-state index in [2.05, 4.69) is 64.2 Å².